The normalized spacial score (nSPS) is 20.5. The number of benzene rings is 1. The summed E-state index contributed by atoms with van der Waals surface area (Å²) in [6.45, 7) is 11.8. The second-order valence-electron chi connectivity index (χ2n) is 10.2. The van der Waals surface area contributed by atoms with E-state index in [9.17, 15) is 10.2 Å². The molecule has 6 nitrogen and oxygen atoms in total. The lowest BCUT2D eigenvalue weighted by Gasteiger charge is -2.36. The number of aliphatic hydroxyl groups excluding tert-OH is 2. The first-order valence-electron chi connectivity index (χ1n) is 12.7. The highest BCUT2D eigenvalue weighted by Crippen LogP contribution is 2.27. The summed E-state index contributed by atoms with van der Waals surface area (Å²) in [5.74, 6) is 0.775. The van der Waals surface area contributed by atoms with E-state index in [1.165, 1.54) is 18.4 Å². The molecule has 0 amide bonds. The fourth-order valence-corrected chi connectivity index (χ4v) is 4.32. The number of anilines is 1. The van der Waals surface area contributed by atoms with Crippen molar-refractivity contribution < 1.29 is 10.2 Å². The van der Waals surface area contributed by atoms with Gasteiger partial charge in [-0.25, -0.2) is 4.99 Å². The third-order valence-corrected chi connectivity index (χ3v) is 6.39. The molecule has 6 heteroatoms. The first kappa shape index (κ1) is 27.5. The van der Waals surface area contributed by atoms with E-state index in [1.54, 1.807) is 7.05 Å². The molecule has 0 bridgehead atoms. The lowest BCUT2D eigenvalue weighted by molar-refractivity contribution is 0.0163. The van der Waals surface area contributed by atoms with Crippen molar-refractivity contribution in [2.75, 3.05) is 38.6 Å². The van der Waals surface area contributed by atoms with E-state index in [0.29, 0.717) is 6.42 Å². The van der Waals surface area contributed by atoms with Gasteiger partial charge in [0.1, 0.15) is 0 Å². The van der Waals surface area contributed by atoms with Gasteiger partial charge >= 0.3 is 0 Å². The van der Waals surface area contributed by atoms with Crippen molar-refractivity contribution in [1.29, 1.82) is 0 Å². The van der Waals surface area contributed by atoms with E-state index in [4.69, 9.17) is 0 Å². The van der Waals surface area contributed by atoms with Gasteiger partial charge in [-0.05, 0) is 67.8 Å². The number of hydrogen-bond acceptors (Lipinski definition) is 5. The quantitative estimate of drug-likeness (QED) is 0.257. The van der Waals surface area contributed by atoms with Gasteiger partial charge in [0.25, 0.3) is 0 Å². The summed E-state index contributed by atoms with van der Waals surface area (Å²) in [4.78, 5) is 11.3. The summed E-state index contributed by atoms with van der Waals surface area (Å²) >= 11 is 0. The minimum atomic E-state index is -0.250. The molecule has 1 fully saturated rings. The number of aliphatic hydroxyl groups is 2. The average molecular weight is 459 g/mol. The molecule has 1 heterocycles. The fraction of sp³-hybridized carbons (Fsp3) is 0.704. The van der Waals surface area contributed by atoms with Crippen LogP contribution in [0.15, 0.2) is 28.2 Å². The number of aliphatic imine (C=N–C) groups is 2. The molecular weight excluding hydrogens is 412 g/mol. The second kappa shape index (κ2) is 13.8. The maximum Gasteiger partial charge on any atom is 0.153 e. The summed E-state index contributed by atoms with van der Waals surface area (Å²) < 4.78 is 0. The van der Waals surface area contributed by atoms with Crippen LogP contribution >= 0.6 is 0 Å². The van der Waals surface area contributed by atoms with Gasteiger partial charge in [0, 0.05) is 43.6 Å². The average Bonchev–Trinajstić information content (AvgIpc) is 2.79. The molecule has 0 saturated carbocycles. The van der Waals surface area contributed by atoms with Crippen molar-refractivity contribution >= 4 is 17.7 Å². The number of likely N-dealkylation sites (tertiary alicyclic amines) is 1. The Labute approximate surface area is 201 Å². The molecule has 1 aliphatic heterocycles. The molecule has 1 aliphatic rings. The van der Waals surface area contributed by atoms with E-state index >= 15 is 0 Å². The Balaban J connectivity index is 1.84. The van der Waals surface area contributed by atoms with Crippen LogP contribution in [-0.2, 0) is 5.41 Å². The van der Waals surface area contributed by atoms with Crippen LogP contribution in [0.4, 0.5) is 5.69 Å². The van der Waals surface area contributed by atoms with Crippen molar-refractivity contribution in [3.05, 3.63) is 29.3 Å². The van der Waals surface area contributed by atoms with Crippen LogP contribution in [0.1, 0.15) is 83.8 Å². The first-order valence-corrected chi connectivity index (χ1v) is 12.7. The Kier molecular flexibility index (Phi) is 11.5. The fourth-order valence-electron chi connectivity index (χ4n) is 4.32. The molecule has 1 saturated heterocycles. The Morgan fingerprint density at radius 3 is 2.61 bits per heavy atom. The molecular formula is C27H46N4O2. The van der Waals surface area contributed by atoms with E-state index in [-0.39, 0.29) is 24.2 Å². The summed E-state index contributed by atoms with van der Waals surface area (Å²) in [6.07, 6.45) is 8.71. The minimum absolute atomic E-state index is 0.0523. The summed E-state index contributed by atoms with van der Waals surface area (Å²) in [6, 6.07) is 6.74. The maximum atomic E-state index is 9.79. The minimum Gasteiger partial charge on any atom is -0.395 e. The number of piperidine rings is 1. The zero-order chi connectivity index (χ0) is 24.3. The van der Waals surface area contributed by atoms with Gasteiger partial charge in [0.15, 0.2) is 5.84 Å². The molecule has 0 aliphatic carbocycles. The standard InChI is InChI=1S/C27H46N4O2/c1-6-12-30-26(28-5)21-16-22(27(2,3)4)18-23(17-21)29-13-9-7-8-10-14-31-15-11-25(33)19-24(31)20-32/h12,16-18,24-25,29,32-33H,6-11,13-15,19-20H2,1-5H3. The largest absolute Gasteiger partial charge is 0.395 e. The highest BCUT2D eigenvalue weighted by Gasteiger charge is 2.26. The molecule has 0 aromatic heterocycles. The first-order chi connectivity index (χ1) is 15.8. The van der Waals surface area contributed by atoms with Crippen LogP contribution in [0.25, 0.3) is 0 Å². The monoisotopic (exact) mass is 458 g/mol. The van der Waals surface area contributed by atoms with Crippen LogP contribution in [0.5, 0.6) is 0 Å². The number of unbranched alkanes of at least 4 members (excludes halogenated alkanes) is 3. The third-order valence-electron chi connectivity index (χ3n) is 6.39. The number of hydrogen-bond donors (Lipinski definition) is 3. The van der Waals surface area contributed by atoms with Gasteiger partial charge in [-0.1, -0.05) is 40.5 Å². The zero-order valence-electron chi connectivity index (χ0n) is 21.5. The highest BCUT2D eigenvalue weighted by atomic mass is 16.3. The van der Waals surface area contributed by atoms with E-state index in [0.717, 1.165) is 62.4 Å². The molecule has 186 valence electrons. The van der Waals surface area contributed by atoms with Gasteiger partial charge in [-0.15, -0.1) is 0 Å². The molecule has 0 radical (unpaired) electrons. The lowest BCUT2D eigenvalue weighted by atomic mass is 9.85. The van der Waals surface area contributed by atoms with Gasteiger partial charge < -0.3 is 15.5 Å². The highest BCUT2D eigenvalue weighted by molar-refractivity contribution is 6.03. The number of amidine groups is 1. The van der Waals surface area contributed by atoms with E-state index < -0.39 is 0 Å². The van der Waals surface area contributed by atoms with E-state index in [2.05, 4.69) is 66.1 Å². The predicted octanol–water partition coefficient (Wildman–Crippen LogP) is 4.63. The SMILES string of the molecule is CCC=NC(=NC)c1cc(NCCCCCCN2CCC(O)CC2CO)cc(C(C)(C)C)c1. The predicted molar refractivity (Wildman–Crippen MR) is 141 cm³/mol. The lowest BCUT2D eigenvalue weighted by Crippen LogP contribution is -2.46. The van der Waals surface area contributed by atoms with Gasteiger partial charge in [-0.3, -0.25) is 9.89 Å². The molecule has 1 aromatic carbocycles. The van der Waals surface area contributed by atoms with Gasteiger partial charge in [-0.2, -0.15) is 0 Å². The Hall–Kier alpha value is -1.76. The molecule has 1 aromatic rings. The van der Waals surface area contributed by atoms with Gasteiger partial charge in [0.2, 0.25) is 0 Å². The maximum absolute atomic E-state index is 9.79. The second-order valence-corrected chi connectivity index (χ2v) is 10.2. The van der Waals surface area contributed by atoms with Crippen LogP contribution in [0, 0.1) is 0 Å². The number of nitrogens with one attached hydrogen (secondary N) is 1. The summed E-state index contributed by atoms with van der Waals surface area (Å²) in [5.41, 5.74) is 3.52. The zero-order valence-corrected chi connectivity index (χ0v) is 21.5. The Morgan fingerprint density at radius 2 is 1.94 bits per heavy atom. The van der Waals surface area contributed by atoms with Gasteiger partial charge in [0.05, 0.1) is 12.7 Å². The Morgan fingerprint density at radius 1 is 1.18 bits per heavy atom. The van der Waals surface area contributed by atoms with Crippen LogP contribution in [-0.4, -0.2) is 72.6 Å². The molecule has 2 rings (SSSR count). The van der Waals surface area contributed by atoms with Crippen molar-refractivity contribution in [2.24, 2.45) is 9.98 Å². The molecule has 33 heavy (non-hydrogen) atoms. The third kappa shape index (κ3) is 9.19. The molecule has 2 atom stereocenters. The molecule has 3 N–H and O–H groups in total. The smallest absolute Gasteiger partial charge is 0.153 e. The Bertz CT molecular complexity index is 770. The van der Waals surface area contributed by atoms with Crippen LogP contribution in [0.2, 0.25) is 0 Å². The van der Waals surface area contributed by atoms with Crippen molar-refractivity contribution in [2.45, 2.75) is 90.2 Å². The number of rotatable bonds is 11. The van der Waals surface area contributed by atoms with Crippen molar-refractivity contribution in [1.82, 2.24) is 4.90 Å². The van der Waals surface area contributed by atoms with E-state index in [1.807, 2.05) is 6.21 Å². The number of nitrogens with zero attached hydrogens (tertiary/aromatic N) is 3. The van der Waals surface area contributed by atoms with Crippen molar-refractivity contribution in [3.63, 3.8) is 0 Å². The van der Waals surface area contributed by atoms with Crippen molar-refractivity contribution in [3.8, 4) is 0 Å². The topological polar surface area (TPSA) is 80.5 Å². The summed E-state index contributed by atoms with van der Waals surface area (Å²) in [7, 11) is 1.80. The summed E-state index contributed by atoms with van der Waals surface area (Å²) in [5, 5.41) is 23.0. The van der Waals surface area contributed by atoms with Crippen LogP contribution < -0.4 is 5.32 Å². The molecule has 0 spiro atoms. The van der Waals surface area contributed by atoms with Crippen LogP contribution in [0.3, 0.4) is 0 Å². The molecule has 2 unspecified atom stereocenters.